The van der Waals surface area contributed by atoms with E-state index in [2.05, 4.69) is 5.32 Å². The number of hydrogen-bond acceptors (Lipinski definition) is 4. The van der Waals surface area contributed by atoms with Gasteiger partial charge < -0.3 is 15.0 Å². The molecular weight excluding hydrogens is 393 g/mol. The van der Waals surface area contributed by atoms with Gasteiger partial charge in [0, 0.05) is 7.05 Å². The third kappa shape index (κ3) is 3.04. The highest BCUT2D eigenvalue weighted by atomic mass is 35.5. The van der Waals surface area contributed by atoms with Crippen molar-refractivity contribution in [2.45, 2.75) is 6.18 Å². The highest BCUT2D eigenvalue weighted by molar-refractivity contribution is 7.17. The molecular formula is C16H10ClF3N2O3S. The molecule has 0 spiro atoms. The van der Waals surface area contributed by atoms with Crippen molar-refractivity contribution >= 4 is 44.7 Å². The fourth-order valence-corrected chi connectivity index (χ4v) is 3.46. The molecule has 10 heteroatoms. The maximum Gasteiger partial charge on any atom is 0.416 e. The summed E-state index contributed by atoms with van der Waals surface area (Å²) in [6.07, 6.45) is -4.63. The summed E-state index contributed by atoms with van der Waals surface area (Å²) in [6.45, 7) is 0. The molecule has 2 N–H and O–H groups in total. The molecule has 136 valence electrons. The Labute approximate surface area is 153 Å². The molecule has 0 saturated carbocycles. The normalized spacial score (nSPS) is 11.7. The maximum atomic E-state index is 12.8. The summed E-state index contributed by atoms with van der Waals surface area (Å²) < 4.78 is 40.0. The number of halogens is 4. The first-order valence-electron chi connectivity index (χ1n) is 7.08. The summed E-state index contributed by atoms with van der Waals surface area (Å²) in [6, 6.07) is 4.02. The molecule has 2 aromatic heterocycles. The Morgan fingerprint density at radius 1 is 1.31 bits per heavy atom. The van der Waals surface area contributed by atoms with Gasteiger partial charge in [0.15, 0.2) is 5.75 Å². The van der Waals surface area contributed by atoms with Crippen LogP contribution >= 0.6 is 22.9 Å². The number of carbonyl (C=O) groups excluding carboxylic acids is 1. The van der Waals surface area contributed by atoms with Crippen molar-refractivity contribution < 1.29 is 23.1 Å². The van der Waals surface area contributed by atoms with Crippen molar-refractivity contribution in [3.05, 3.63) is 56.1 Å². The number of alkyl halides is 3. The molecule has 0 unspecified atom stereocenters. The number of carbonyl (C=O) groups is 1. The smallest absolute Gasteiger partial charge is 0.416 e. The number of nitrogens with one attached hydrogen (secondary N) is 1. The summed E-state index contributed by atoms with van der Waals surface area (Å²) in [4.78, 5) is 24.8. The van der Waals surface area contributed by atoms with E-state index in [1.807, 2.05) is 0 Å². The largest absolute Gasteiger partial charge is 0.505 e. The highest BCUT2D eigenvalue weighted by Gasteiger charge is 2.31. The molecule has 0 bridgehead atoms. The molecule has 1 aromatic carbocycles. The summed E-state index contributed by atoms with van der Waals surface area (Å²) in [5.41, 5.74) is -2.25. The Kier molecular flexibility index (Phi) is 4.45. The van der Waals surface area contributed by atoms with Crippen LogP contribution in [0.1, 0.15) is 15.9 Å². The van der Waals surface area contributed by atoms with Crippen molar-refractivity contribution in [1.82, 2.24) is 4.57 Å². The first-order chi connectivity index (χ1) is 12.1. The predicted molar refractivity (Wildman–Crippen MR) is 93.1 cm³/mol. The number of amides is 1. The van der Waals surface area contributed by atoms with Crippen LogP contribution < -0.4 is 10.9 Å². The van der Waals surface area contributed by atoms with Crippen LogP contribution in [-0.2, 0) is 13.2 Å². The van der Waals surface area contributed by atoms with E-state index in [4.69, 9.17) is 11.6 Å². The van der Waals surface area contributed by atoms with Gasteiger partial charge in [-0.25, -0.2) is 0 Å². The summed E-state index contributed by atoms with van der Waals surface area (Å²) in [5, 5.41) is 13.9. The monoisotopic (exact) mass is 402 g/mol. The van der Waals surface area contributed by atoms with E-state index in [0.29, 0.717) is 16.3 Å². The van der Waals surface area contributed by atoms with Gasteiger partial charge >= 0.3 is 6.18 Å². The lowest BCUT2D eigenvalue weighted by molar-refractivity contribution is -0.137. The van der Waals surface area contributed by atoms with Crippen LogP contribution in [0.5, 0.6) is 5.75 Å². The molecule has 3 aromatic rings. The molecule has 2 heterocycles. The number of aryl methyl sites for hydroxylation is 1. The summed E-state index contributed by atoms with van der Waals surface area (Å²) >= 11 is 6.96. The molecule has 0 fully saturated rings. The van der Waals surface area contributed by atoms with E-state index in [-0.39, 0.29) is 10.7 Å². The van der Waals surface area contributed by atoms with Crippen LogP contribution in [-0.4, -0.2) is 15.6 Å². The predicted octanol–water partition coefficient (Wildman–Crippen LogP) is 4.23. The van der Waals surface area contributed by atoms with Crippen molar-refractivity contribution in [1.29, 1.82) is 0 Å². The number of rotatable bonds is 2. The number of fused-ring (bicyclic) bond motifs is 1. The van der Waals surface area contributed by atoms with E-state index in [0.717, 1.165) is 23.5 Å². The minimum atomic E-state index is -4.63. The minimum absolute atomic E-state index is 0.139. The number of hydrogen-bond donors (Lipinski definition) is 2. The van der Waals surface area contributed by atoms with Crippen LogP contribution in [0.15, 0.2) is 34.4 Å². The fourth-order valence-electron chi connectivity index (χ4n) is 2.42. The first-order valence-corrected chi connectivity index (χ1v) is 8.34. The molecule has 5 nitrogen and oxygen atoms in total. The lowest BCUT2D eigenvalue weighted by Gasteiger charge is -2.13. The van der Waals surface area contributed by atoms with Crippen molar-refractivity contribution in [3.8, 4) is 5.75 Å². The Hall–Kier alpha value is -2.52. The number of aromatic nitrogens is 1. The average Bonchev–Trinajstić information content (AvgIpc) is 3.04. The minimum Gasteiger partial charge on any atom is -0.505 e. The van der Waals surface area contributed by atoms with Gasteiger partial charge in [-0.05, 0) is 29.6 Å². The molecule has 26 heavy (non-hydrogen) atoms. The molecule has 0 atom stereocenters. The van der Waals surface area contributed by atoms with Crippen LogP contribution in [0.3, 0.4) is 0 Å². The van der Waals surface area contributed by atoms with Gasteiger partial charge in [0.2, 0.25) is 0 Å². The van der Waals surface area contributed by atoms with E-state index in [9.17, 15) is 27.9 Å². The zero-order chi connectivity index (χ0) is 19.2. The quantitative estimate of drug-likeness (QED) is 0.674. The highest BCUT2D eigenvalue weighted by Crippen LogP contribution is 2.35. The molecule has 0 aliphatic carbocycles. The van der Waals surface area contributed by atoms with Gasteiger partial charge in [-0.15, -0.1) is 11.3 Å². The summed E-state index contributed by atoms with van der Waals surface area (Å²) in [7, 11) is 1.42. The van der Waals surface area contributed by atoms with E-state index in [1.165, 1.54) is 11.6 Å². The van der Waals surface area contributed by atoms with Gasteiger partial charge in [0.05, 0.1) is 26.5 Å². The van der Waals surface area contributed by atoms with Gasteiger partial charge in [-0.2, -0.15) is 13.2 Å². The molecule has 3 rings (SSSR count). The number of nitrogens with zero attached hydrogens (tertiary/aromatic N) is 1. The maximum absolute atomic E-state index is 12.8. The molecule has 1 amide bonds. The van der Waals surface area contributed by atoms with Crippen LogP contribution in [0.4, 0.5) is 18.9 Å². The Morgan fingerprint density at radius 2 is 2.00 bits per heavy atom. The number of anilines is 1. The number of aromatic hydroxyl groups is 1. The van der Waals surface area contributed by atoms with Crippen molar-refractivity contribution in [2.75, 3.05) is 5.32 Å². The molecule has 0 radical (unpaired) electrons. The Morgan fingerprint density at radius 3 is 2.65 bits per heavy atom. The number of thiophene rings is 1. The first kappa shape index (κ1) is 18.3. The van der Waals surface area contributed by atoms with Gasteiger partial charge in [-0.1, -0.05) is 11.6 Å². The zero-order valence-corrected chi connectivity index (χ0v) is 14.6. The van der Waals surface area contributed by atoms with E-state index < -0.39 is 34.5 Å². The lowest BCUT2D eigenvalue weighted by atomic mass is 10.1. The van der Waals surface area contributed by atoms with Crippen LogP contribution in [0.2, 0.25) is 5.02 Å². The van der Waals surface area contributed by atoms with Crippen molar-refractivity contribution in [2.24, 2.45) is 7.05 Å². The number of pyridine rings is 1. The number of benzene rings is 1. The summed E-state index contributed by atoms with van der Waals surface area (Å²) in [5.74, 6) is -1.58. The van der Waals surface area contributed by atoms with Gasteiger partial charge in [0.25, 0.3) is 11.5 Å². The lowest BCUT2D eigenvalue weighted by Crippen LogP contribution is -2.28. The SMILES string of the molecule is Cn1c(=O)c(C(=O)Nc2cc(C(F)(F)F)ccc2Cl)c(O)c2sccc21. The fraction of sp³-hybridized carbons (Fsp3) is 0.125. The standard InChI is InChI=1S/C16H10ClF3N2O3S/c1-22-10-4-5-26-13(10)12(23)11(15(22)25)14(24)21-9-6-7(16(18,19)20)2-3-8(9)17/h2-6,23H,1H3,(H,21,24). The van der Waals surface area contributed by atoms with E-state index >= 15 is 0 Å². The Balaban J connectivity index is 2.07. The topological polar surface area (TPSA) is 71.3 Å². The molecule has 0 saturated heterocycles. The van der Waals surface area contributed by atoms with Crippen LogP contribution in [0, 0.1) is 0 Å². The molecule has 0 aliphatic rings. The zero-order valence-electron chi connectivity index (χ0n) is 13.0. The Bertz CT molecular complexity index is 1090. The second-order valence-corrected chi connectivity index (χ2v) is 6.69. The second-order valence-electron chi connectivity index (χ2n) is 5.37. The van der Waals surface area contributed by atoms with Gasteiger partial charge in [-0.3, -0.25) is 9.59 Å². The van der Waals surface area contributed by atoms with Gasteiger partial charge in [0.1, 0.15) is 5.56 Å². The average molecular weight is 403 g/mol. The third-order valence-corrected chi connectivity index (χ3v) is 4.99. The van der Waals surface area contributed by atoms with Crippen molar-refractivity contribution in [3.63, 3.8) is 0 Å². The van der Waals surface area contributed by atoms with Crippen LogP contribution in [0.25, 0.3) is 10.2 Å². The molecule has 0 aliphatic heterocycles. The third-order valence-electron chi connectivity index (χ3n) is 3.75. The second kappa shape index (κ2) is 6.33. The van der Waals surface area contributed by atoms with E-state index in [1.54, 1.807) is 11.4 Å².